The number of aryl methyl sites for hydroxylation is 3. The Balaban J connectivity index is 1.64. The third-order valence-electron chi connectivity index (χ3n) is 4.95. The lowest BCUT2D eigenvalue weighted by atomic mass is 10.1. The number of benzene rings is 2. The highest BCUT2D eigenvalue weighted by Crippen LogP contribution is 2.33. The molecule has 0 N–H and O–H groups in total. The molecule has 2 aromatic carbocycles. The van der Waals surface area contributed by atoms with Gasteiger partial charge in [-0.1, -0.05) is 30.8 Å². The fourth-order valence-electron chi connectivity index (χ4n) is 3.12. The second kappa shape index (κ2) is 10.1. The van der Waals surface area contributed by atoms with Crippen molar-refractivity contribution >= 4 is 17.2 Å². The molecule has 0 saturated heterocycles. The van der Waals surface area contributed by atoms with Gasteiger partial charge in [-0.25, -0.2) is 4.98 Å². The van der Waals surface area contributed by atoms with Crippen LogP contribution < -0.4 is 4.74 Å². The van der Waals surface area contributed by atoms with E-state index in [1.54, 1.807) is 18.2 Å². The summed E-state index contributed by atoms with van der Waals surface area (Å²) in [5.41, 5.74) is 2.21. The first-order valence-electron chi connectivity index (χ1n) is 10.0. The monoisotopic (exact) mass is 474 g/mol. The van der Waals surface area contributed by atoms with Gasteiger partial charge in [0.15, 0.2) is 0 Å². The molecule has 0 atom stereocenters. The quantitative estimate of drug-likeness (QED) is 0.266. The molecule has 5 nitrogen and oxygen atoms in total. The van der Waals surface area contributed by atoms with Crippen LogP contribution in [-0.2, 0) is 23.8 Å². The van der Waals surface area contributed by atoms with E-state index in [0.29, 0.717) is 40.5 Å². The van der Waals surface area contributed by atoms with Crippen molar-refractivity contribution in [2.75, 3.05) is 0 Å². The van der Waals surface area contributed by atoms with Gasteiger partial charge in [0.05, 0.1) is 23.4 Å². The van der Waals surface area contributed by atoms with Crippen LogP contribution in [0.25, 0.3) is 10.6 Å². The van der Waals surface area contributed by atoms with Crippen LogP contribution in [0.2, 0.25) is 0 Å². The van der Waals surface area contributed by atoms with Gasteiger partial charge in [-0.3, -0.25) is 4.79 Å². The van der Waals surface area contributed by atoms with Crippen LogP contribution in [0.15, 0.2) is 60.0 Å². The molecule has 0 radical (unpaired) electrons. The van der Waals surface area contributed by atoms with Crippen molar-refractivity contribution in [1.82, 2.24) is 4.98 Å². The average Bonchev–Trinajstić information content (AvgIpc) is 3.14. The van der Waals surface area contributed by atoms with Gasteiger partial charge in [-0.05, 0) is 49.6 Å². The minimum absolute atomic E-state index is 0.0978. The standard InChI is InChI=1S/C24H21F3N2O3S/c1-14-4-6-17(13-22(30)29-31)12-20(14)32-15(2)5-11-21-16(3)28-23(33-21)18-7-9-19(10-8-18)24(25,26)27/h4,6-10,12H,2,5,11,13H2,1,3H3. The number of nitroso groups, excluding NO2 is 1. The smallest absolute Gasteiger partial charge is 0.416 e. The van der Waals surface area contributed by atoms with Gasteiger partial charge in [0.1, 0.15) is 10.8 Å². The second-order valence-electron chi connectivity index (χ2n) is 7.51. The summed E-state index contributed by atoms with van der Waals surface area (Å²) in [6.07, 6.45) is -3.36. The SMILES string of the molecule is C=C(CCc1sc(-c2ccc(C(F)(F)F)cc2)nc1C)Oc1cc(CC(=O)N=O)ccc1C. The minimum Gasteiger partial charge on any atom is -0.462 e. The highest BCUT2D eigenvalue weighted by Gasteiger charge is 2.30. The second-order valence-corrected chi connectivity index (χ2v) is 8.59. The third-order valence-corrected chi connectivity index (χ3v) is 6.21. The first kappa shape index (κ1) is 24.3. The molecule has 0 bridgehead atoms. The number of allylic oxidation sites excluding steroid dienone is 1. The van der Waals surface area contributed by atoms with Crippen molar-refractivity contribution in [3.63, 3.8) is 0 Å². The molecule has 0 aliphatic heterocycles. The van der Waals surface area contributed by atoms with E-state index in [1.165, 1.54) is 23.5 Å². The topological polar surface area (TPSA) is 68.6 Å². The molecule has 33 heavy (non-hydrogen) atoms. The highest BCUT2D eigenvalue weighted by molar-refractivity contribution is 7.15. The zero-order valence-corrected chi connectivity index (χ0v) is 18.8. The zero-order chi connectivity index (χ0) is 24.2. The summed E-state index contributed by atoms with van der Waals surface area (Å²) >= 11 is 1.42. The Labute approximate surface area is 192 Å². The van der Waals surface area contributed by atoms with Crippen LogP contribution >= 0.6 is 11.3 Å². The van der Waals surface area contributed by atoms with Crippen molar-refractivity contribution in [3.8, 4) is 16.3 Å². The Morgan fingerprint density at radius 3 is 2.48 bits per heavy atom. The number of amides is 1. The van der Waals surface area contributed by atoms with E-state index in [-0.39, 0.29) is 6.42 Å². The van der Waals surface area contributed by atoms with E-state index in [9.17, 15) is 22.9 Å². The summed E-state index contributed by atoms with van der Waals surface area (Å²) in [5.74, 6) is 0.301. The molecule has 1 heterocycles. The van der Waals surface area contributed by atoms with Gasteiger partial charge in [0.2, 0.25) is 0 Å². The normalized spacial score (nSPS) is 11.3. The fraction of sp³-hybridized carbons (Fsp3) is 0.250. The number of thiazole rings is 1. The lowest BCUT2D eigenvalue weighted by Crippen LogP contribution is -2.03. The molecule has 1 amide bonds. The van der Waals surface area contributed by atoms with Gasteiger partial charge < -0.3 is 4.74 Å². The largest absolute Gasteiger partial charge is 0.462 e. The third kappa shape index (κ3) is 6.35. The van der Waals surface area contributed by atoms with Crippen LogP contribution in [0.1, 0.15) is 33.7 Å². The number of carbonyl (C=O) groups excluding carboxylic acids is 1. The maximum atomic E-state index is 12.8. The zero-order valence-electron chi connectivity index (χ0n) is 18.0. The van der Waals surface area contributed by atoms with Crippen LogP contribution in [0.4, 0.5) is 13.2 Å². The maximum Gasteiger partial charge on any atom is 0.416 e. The van der Waals surface area contributed by atoms with E-state index < -0.39 is 17.6 Å². The predicted octanol–water partition coefficient (Wildman–Crippen LogP) is 6.81. The Hall–Kier alpha value is -3.33. The summed E-state index contributed by atoms with van der Waals surface area (Å²) in [5, 5.41) is 3.06. The van der Waals surface area contributed by atoms with E-state index in [2.05, 4.69) is 16.7 Å². The molecular formula is C24H21F3N2O3S. The van der Waals surface area contributed by atoms with E-state index in [4.69, 9.17) is 4.74 Å². The van der Waals surface area contributed by atoms with Crippen LogP contribution in [0.3, 0.4) is 0 Å². The van der Waals surface area contributed by atoms with E-state index in [0.717, 1.165) is 28.3 Å². The van der Waals surface area contributed by atoms with Gasteiger partial charge >= 0.3 is 6.18 Å². The number of ether oxygens (including phenoxy) is 1. The number of rotatable bonds is 8. The number of nitrogens with zero attached hydrogens (tertiary/aromatic N) is 2. The Morgan fingerprint density at radius 2 is 1.85 bits per heavy atom. The summed E-state index contributed by atoms with van der Waals surface area (Å²) in [6.45, 7) is 7.67. The molecule has 0 fully saturated rings. The van der Waals surface area contributed by atoms with Crippen molar-refractivity contribution < 1.29 is 22.7 Å². The van der Waals surface area contributed by atoms with Crippen molar-refractivity contribution in [2.24, 2.45) is 5.18 Å². The van der Waals surface area contributed by atoms with Crippen molar-refractivity contribution in [3.05, 3.63) is 87.0 Å². The van der Waals surface area contributed by atoms with Crippen LogP contribution in [0, 0.1) is 18.8 Å². The summed E-state index contributed by atoms with van der Waals surface area (Å²) in [7, 11) is 0. The van der Waals surface area contributed by atoms with Crippen LogP contribution in [-0.4, -0.2) is 10.9 Å². The van der Waals surface area contributed by atoms with Gasteiger partial charge in [-0.15, -0.1) is 16.2 Å². The number of carbonyl (C=O) groups is 1. The number of alkyl halides is 3. The minimum atomic E-state index is -4.37. The number of halogens is 3. The summed E-state index contributed by atoms with van der Waals surface area (Å²) in [4.78, 5) is 27.1. The first-order valence-corrected chi connectivity index (χ1v) is 10.8. The van der Waals surface area contributed by atoms with E-state index >= 15 is 0 Å². The first-order chi connectivity index (χ1) is 15.6. The lowest BCUT2D eigenvalue weighted by Gasteiger charge is -2.12. The Bertz CT molecular complexity index is 1180. The molecule has 3 aromatic rings. The summed E-state index contributed by atoms with van der Waals surface area (Å²) < 4.78 is 44.2. The van der Waals surface area contributed by atoms with Crippen molar-refractivity contribution in [2.45, 2.75) is 39.3 Å². The number of hydrogen-bond donors (Lipinski definition) is 0. The molecule has 0 spiro atoms. The van der Waals surface area contributed by atoms with Gasteiger partial charge in [0.25, 0.3) is 5.91 Å². The highest BCUT2D eigenvalue weighted by atomic mass is 32.1. The number of hydrogen-bond acceptors (Lipinski definition) is 5. The average molecular weight is 475 g/mol. The molecule has 0 aliphatic carbocycles. The molecule has 0 saturated carbocycles. The van der Waals surface area contributed by atoms with Gasteiger partial charge in [-0.2, -0.15) is 13.2 Å². The van der Waals surface area contributed by atoms with Crippen molar-refractivity contribution in [1.29, 1.82) is 0 Å². The predicted molar refractivity (Wildman–Crippen MR) is 121 cm³/mol. The fourth-order valence-corrected chi connectivity index (χ4v) is 4.18. The Morgan fingerprint density at radius 1 is 1.15 bits per heavy atom. The van der Waals surface area contributed by atoms with Crippen LogP contribution in [0.5, 0.6) is 5.75 Å². The molecule has 9 heteroatoms. The molecule has 1 aromatic heterocycles. The lowest BCUT2D eigenvalue weighted by molar-refractivity contribution is -0.137. The number of aromatic nitrogens is 1. The molecular weight excluding hydrogens is 453 g/mol. The van der Waals surface area contributed by atoms with Gasteiger partial charge in [0, 0.05) is 22.0 Å². The summed E-state index contributed by atoms with van der Waals surface area (Å²) in [6, 6.07) is 10.2. The molecule has 0 unspecified atom stereocenters. The molecule has 3 rings (SSSR count). The molecule has 172 valence electrons. The molecule has 0 aliphatic rings. The Kier molecular flexibility index (Phi) is 7.43. The van der Waals surface area contributed by atoms with E-state index in [1.807, 2.05) is 13.8 Å². The maximum absolute atomic E-state index is 12.8.